The topological polar surface area (TPSA) is 91.4 Å². The maximum absolute atomic E-state index is 13.4. The highest BCUT2D eigenvalue weighted by molar-refractivity contribution is 8.00. The Morgan fingerprint density at radius 1 is 0.673 bits per heavy atom. The van der Waals surface area contributed by atoms with E-state index in [2.05, 4.69) is 71.0 Å². The van der Waals surface area contributed by atoms with E-state index in [0.717, 1.165) is 60.4 Å². The average Bonchev–Trinajstić information content (AvgIpc) is 3.71. The highest BCUT2D eigenvalue weighted by atomic mass is 32.2. The first-order valence-corrected chi connectivity index (χ1v) is 18.1. The molecule has 52 heavy (non-hydrogen) atoms. The van der Waals surface area contributed by atoms with Crippen LogP contribution in [0.1, 0.15) is 39.3 Å². The molecule has 1 aliphatic rings. The molecule has 1 aliphatic carbocycles. The highest BCUT2D eigenvalue weighted by Gasteiger charge is 2.39. The van der Waals surface area contributed by atoms with Crippen molar-refractivity contribution < 1.29 is 19.4 Å². The van der Waals surface area contributed by atoms with Crippen molar-refractivity contribution in [2.45, 2.75) is 28.2 Å². The lowest BCUT2D eigenvalue weighted by Crippen LogP contribution is -2.43. The third kappa shape index (κ3) is 6.14. The van der Waals surface area contributed by atoms with E-state index < -0.39 is 22.9 Å². The predicted octanol–water partition coefficient (Wildman–Crippen LogP) is 9.79. The predicted molar refractivity (Wildman–Crippen MR) is 207 cm³/mol. The highest BCUT2D eigenvalue weighted by Crippen LogP contribution is 2.53. The Morgan fingerprint density at radius 3 is 1.69 bits per heavy atom. The van der Waals surface area contributed by atoms with E-state index in [1.807, 2.05) is 103 Å². The molecule has 1 aromatic heterocycles. The molecule has 0 fully saturated rings. The summed E-state index contributed by atoms with van der Waals surface area (Å²) in [5, 5.41) is 14.9. The number of hydrogen-bond acceptors (Lipinski definition) is 4. The maximum atomic E-state index is 13.4. The van der Waals surface area contributed by atoms with Gasteiger partial charge in [0.1, 0.15) is 12.6 Å². The molecule has 3 N–H and O–H groups in total. The van der Waals surface area contributed by atoms with Crippen LogP contribution in [0, 0.1) is 0 Å². The fourth-order valence-corrected chi connectivity index (χ4v) is 9.05. The van der Waals surface area contributed by atoms with Crippen LogP contribution in [-0.2, 0) is 20.7 Å². The maximum Gasteiger partial charge on any atom is 0.407 e. The number of carbonyl (C=O) groups is 2. The van der Waals surface area contributed by atoms with Gasteiger partial charge in [0.05, 0.1) is 9.77 Å². The fraction of sp³-hybridized carbons (Fsp3) is 0.111. The van der Waals surface area contributed by atoms with Crippen molar-refractivity contribution >= 4 is 34.7 Å². The third-order valence-corrected chi connectivity index (χ3v) is 11.5. The van der Waals surface area contributed by atoms with Gasteiger partial charge in [-0.05, 0) is 50.6 Å². The minimum atomic E-state index is -1.24. The molecule has 0 aliphatic heterocycles. The van der Waals surface area contributed by atoms with Gasteiger partial charge in [-0.25, -0.2) is 9.59 Å². The van der Waals surface area contributed by atoms with Crippen molar-refractivity contribution in [3.8, 4) is 11.1 Å². The van der Waals surface area contributed by atoms with E-state index in [4.69, 9.17) is 4.74 Å². The Labute approximate surface area is 306 Å². The number of ether oxygens (including phenoxy) is 1. The standard InChI is InChI=1S/C45H36N2O4S/c48-43(49)41(47-44(50)51-29-39-35-24-12-10-22-33(35)34-23-11-13-25-36(34)39)28-38-37-26-14-15-27-40(37)46-42(38)52-45(30-16-4-1-5-17-30,31-18-6-2-7-19-31)32-20-8-3-9-21-32/h1-27,39,41,46H,28-29H2,(H,47,50)(H,48,49)/t41-/m0/s1. The van der Waals surface area contributed by atoms with Crippen LogP contribution in [-0.4, -0.2) is 34.8 Å². The summed E-state index contributed by atoms with van der Waals surface area (Å²) in [5.74, 6) is -1.28. The van der Waals surface area contributed by atoms with Crippen LogP contribution >= 0.6 is 11.8 Å². The number of fused-ring (bicyclic) bond motifs is 4. The molecule has 1 atom stereocenters. The molecule has 0 saturated carbocycles. The van der Waals surface area contributed by atoms with Crippen LogP contribution in [0.4, 0.5) is 4.79 Å². The fourth-order valence-electron chi connectivity index (χ4n) is 7.50. The summed E-state index contributed by atoms with van der Waals surface area (Å²) in [7, 11) is 0. The van der Waals surface area contributed by atoms with E-state index in [9.17, 15) is 14.7 Å². The number of para-hydroxylation sites is 1. The molecule has 7 heteroatoms. The first-order chi connectivity index (χ1) is 25.5. The molecule has 1 heterocycles. The number of carboxylic acid groups (broad SMARTS) is 1. The van der Waals surface area contributed by atoms with Gasteiger partial charge in [0.15, 0.2) is 0 Å². The number of amides is 1. The van der Waals surface area contributed by atoms with Crippen LogP contribution in [0.3, 0.4) is 0 Å². The van der Waals surface area contributed by atoms with Gasteiger partial charge < -0.3 is 20.1 Å². The van der Waals surface area contributed by atoms with Gasteiger partial charge in [0, 0.05) is 23.2 Å². The molecular formula is C45H36N2O4S. The van der Waals surface area contributed by atoms with Gasteiger partial charge in [-0.2, -0.15) is 0 Å². The number of carboxylic acids is 1. The Hall–Kier alpha value is -6.05. The number of aromatic nitrogens is 1. The molecule has 0 saturated heterocycles. The van der Waals surface area contributed by atoms with E-state index in [-0.39, 0.29) is 18.9 Å². The van der Waals surface area contributed by atoms with Gasteiger partial charge in [0.2, 0.25) is 0 Å². The van der Waals surface area contributed by atoms with Crippen molar-refractivity contribution in [2.75, 3.05) is 6.61 Å². The van der Waals surface area contributed by atoms with Gasteiger partial charge in [0.25, 0.3) is 0 Å². The zero-order valence-corrected chi connectivity index (χ0v) is 29.1. The summed E-state index contributed by atoms with van der Waals surface area (Å²) in [6.07, 6.45) is -0.726. The van der Waals surface area contributed by atoms with Gasteiger partial charge >= 0.3 is 12.1 Å². The number of H-pyrrole nitrogens is 1. The minimum Gasteiger partial charge on any atom is -0.480 e. The number of benzene rings is 6. The van der Waals surface area contributed by atoms with Gasteiger partial charge in [-0.3, -0.25) is 0 Å². The lowest BCUT2D eigenvalue weighted by molar-refractivity contribution is -0.139. The van der Waals surface area contributed by atoms with Crippen LogP contribution in [0.2, 0.25) is 0 Å². The molecule has 8 rings (SSSR count). The van der Waals surface area contributed by atoms with Crippen molar-refractivity contribution in [1.82, 2.24) is 10.3 Å². The lowest BCUT2D eigenvalue weighted by atomic mass is 9.84. The van der Waals surface area contributed by atoms with Crippen molar-refractivity contribution in [1.29, 1.82) is 0 Å². The molecule has 0 spiro atoms. The molecule has 0 bridgehead atoms. The van der Waals surface area contributed by atoms with E-state index in [1.54, 1.807) is 11.8 Å². The van der Waals surface area contributed by atoms with Crippen molar-refractivity contribution in [2.24, 2.45) is 0 Å². The molecule has 7 aromatic rings. The van der Waals surface area contributed by atoms with Gasteiger partial charge in [-0.1, -0.05) is 169 Å². The number of hydrogen-bond donors (Lipinski definition) is 3. The van der Waals surface area contributed by atoms with Crippen LogP contribution < -0.4 is 5.32 Å². The first-order valence-electron chi connectivity index (χ1n) is 17.3. The Kier molecular flexibility index (Phi) is 9.10. The zero-order valence-electron chi connectivity index (χ0n) is 28.2. The number of thioether (sulfide) groups is 1. The number of aliphatic carboxylic acids is 1. The largest absolute Gasteiger partial charge is 0.480 e. The van der Waals surface area contributed by atoms with Crippen molar-refractivity contribution in [3.63, 3.8) is 0 Å². The summed E-state index contributed by atoms with van der Waals surface area (Å²) in [6.45, 7) is 0.0914. The number of nitrogens with one attached hydrogen (secondary N) is 2. The molecule has 256 valence electrons. The molecule has 0 radical (unpaired) electrons. The monoisotopic (exact) mass is 700 g/mol. The van der Waals surface area contributed by atoms with E-state index >= 15 is 0 Å². The molecule has 1 amide bonds. The molecule has 6 nitrogen and oxygen atoms in total. The average molecular weight is 701 g/mol. The SMILES string of the molecule is O=C(N[C@@H](Cc1c(SC(c2ccccc2)(c2ccccc2)c2ccccc2)[nH]c2ccccc12)C(=O)O)OCC1c2ccccc2-c2ccccc21. The Morgan fingerprint density at radius 2 is 1.15 bits per heavy atom. The second-order valence-corrected chi connectivity index (χ2v) is 14.1. The van der Waals surface area contributed by atoms with E-state index in [0.29, 0.717) is 0 Å². The van der Waals surface area contributed by atoms with E-state index in [1.165, 1.54) is 0 Å². The summed E-state index contributed by atoms with van der Waals surface area (Å²) >= 11 is 1.64. The summed E-state index contributed by atoms with van der Waals surface area (Å²) in [6, 6.07) is 54.0. The number of alkyl carbamates (subject to hydrolysis) is 1. The summed E-state index contributed by atoms with van der Waals surface area (Å²) < 4.78 is 5.09. The quantitative estimate of drug-likeness (QED) is 0.0924. The van der Waals surface area contributed by atoms with Crippen LogP contribution in [0.25, 0.3) is 22.0 Å². The smallest absolute Gasteiger partial charge is 0.407 e. The summed E-state index contributed by atoms with van der Waals surface area (Å²) in [4.78, 5) is 29.9. The van der Waals surface area contributed by atoms with Crippen LogP contribution in [0.5, 0.6) is 0 Å². The second kappa shape index (κ2) is 14.3. The lowest BCUT2D eigenvalue weighted by Gasteiger charge is -2.35. The van der Waals surface area contributed by atoms with Gasteiger partial charge in [-0.15, -0.1) is 0 Å². The minimum absolute atomic E-state index is 0.0420. The molecule has 6 aromatic carbocycles. The Balaban J connectivity index is 1.13. The third-order valence-electron chi connectivity index (χ3n) is 9.91. The van der Waals surface area contributed by atoms with Crippen molar-refractivity contribution in [3.05, 3.63) is 197 Å². The zero-order chi connectivity index (χ0) is 35.5. The normalized spacial score (nSPS) is 12.9. The number of carbonyl (C=O) groups excluding carboxylic acids is 1. The summed E-state index contributed by atoms with van der Waals surface area (Å²) in [5.41, 5.74) is 9.34. The number of rotatable bonds is 11. The molecular weight excluding hydrogens is 665 g/mol. The second-order valence-electron chi connectivity index (χ2n) is 12.9. The first kappa shape index (κ1) is 33.1. The van der Waals surface area contributed by atoms with Crippen LogP contribution in [0.15, 0.2) is 169 Å². The number of aromatic amines is 1. The molecule has 0 unspecified atom stereocenters. The Bertz CT molecular complexity index is 2220.